The Morgan fingerprint density at radius 1 is 1.23 bits per heavy atom. The quantitative estimate of drug-likeness (QED) is 0.462. The van der Waals surface area contributed by atoms with E-state index in [1.54, 1.807) is 0 Å². The molecule has 1 saturated carbocycles. The van der Waals surface area contributed by atoms with E-state index in [1.807, 2.05) is 17.6 Å². The monoisotopic (exact) mass is 174 g/mol. The second kappa shape index (κ2) is 4.27. The zero-order chi connectivity index (χ0) is 9.84. The summed E-state index contributed by atoms with van der Waals surface area (Å²) in [5.74, 6) is -1.01. The first-order valence-corrected chi connectivity index (χ1v) is 4.15. The van der Waals surface area contributed by atoms with Crippen molar-refractivity contribution in [1.82, 2.24) is 5.48 Å². The first-order valence-electron chi connectivity index (χ1n) is 4.15. The van der Waals surface area contributed by atoms with E-state index < -0.39 is 0 Å². The number of nitrogens with zero attached hydrogens (tertiary/aromatic N) is 2. The molecule has 4 nitrogen and oxygen atoms in total. The molecule has 0 aliphatic heterocycles. The topological polar surface area (TPSA) is 82.7 Å². The van der Waals surface area contributed by atoms with Crippen molar-refractivity contribution in [2.45, 2.75) is 24.7 Å². The molecule has 1 N–H and O–H groups in total. The van der Waals surface area contributed by atoms with Crippen LogP contribution in [0.5, 0.6) is 0 Å². The molecule has 1 rings (SSSR count). The third-order valence-electron chi connectivity index (χ3n) is 2.52. The second-order valence-corrected chi connectivity index (χ2v) is 3.33. The number of hydrogen-bond donors (Lipinski definition) is 1. The molecule has 1 aliphatic rings. The lowest BCUT2D eigenvalue weighted by Gasteiger charge is -2.37. The van der Waals surface area contributed by atoms with Gasteiger partial charge in [0.2, 0.25) is 0 Å². The standard InChI is InChI=1S/C8H9BN3O/c9-7-1-5(3-10)6(4-11)2-8(7)12-13/h5-8,12H,1-2H2/q-1. The third-order valence-corrected chi connectivity index (χ3v) is 2.52. The normalized spacial score (nSPS) is 39.0. The van der Waals surface area contributed by atoms with E-state index in [-0.39, 0.29) is 23.7 Å². The van der Waals surface area contributed by atoms with Gasteiger partial charge >= 0.3 is 0 Å². The average Bonchev–Trinajstić information content (AvgIpc) is 2.17. The van der Waals surface area contributed by atoms with Crippen molar-refractivity contribution in [1.29, 1.82) is 10.5 Å². The molecular formula is C8H9BN3O-. The van der Waals surface area contributed by atoms with Gasteiger partial charge in [-0.2, -0.15) is 10.5 Å². The van der Waals surface area contributed by atoms with Gasteiger partial charge in [-0.1, -0.05) is 5.82 Å². The number of nitriles is 2. The molecule has 4 unspecified atom stereocenters. The van der Waals surface area contributed by atoms with Gasteiger partial charge in [0.05, 0.1) is 31.8 Å². The van der Waals surface area contributed by atoms with Crippen LogP contribution in [0.15, 0.2) is 0 Å². The Bertz CT molecular complexity index is 257. The summed E-state index contributed by atoms with van der Waals surface area (Å²) in [5.41, 5.74) is 1.83. The summed E-state index contributed by atoms with van der Waals surface area (Å²) in [5, 5.41) is 27.9. The summed E-state index contributed by atoms with van der Waals surface area (Å²) in [6, 6.07) is 3.70. The number of rotatable bonds is 1. The number of hydrogen-bond acceptors (Lipinski definition) is 4. The highest BCUT2D eigenvalue weighted by molar-refractivity contribution is 6.12. The van der Waals surface area contributed by atoms with Crippen LogP contribution in [-0.4, -0.2) is 13.9 Å². The lowest BCUT2D eigenvalue weighted by atomic mass is 9.65. The van der Waals surface area contributed by atoms with Gasteiger partial charge in [0.15, 0.2) is 0 Å². The lowest BCUT2D eigenvalue weighted by Crippen LogP contribution is -2.38. The van der Waals surface area contributed by atoms with E-state index in [1.165, 1.54) is 0 Å². The Morgan fingerprint density at radius 3 is 2.23 bits per heavy atom. The van der Waals surface area contributed by atoms with Crippen molar-refractivity contribution in [3.63, 3.8) is 0 Å². The minimum atomic E-state index is -0.380. The summed E-state index contributed by atoms with van der Waals surface area (Å²) in [6.07, 6.45) is 0.800. The molecule has 1 aliphatic carbocycles. The van der Waals surface area contributed by atoms with Crippen molar-refractivity contribution in [2.24, 2.45) is 11.8 Å². The van der Waals surface area contributed by atoms with Crippen LogP contribution in [0.25, 0.3) is 0 Å². The molecule has 0 saturated heterocycles. The van der Waals surface area contributed by atoms with Gasteiger partial charge in [-0.05, 0) is 18.9 Å². The molecule has 0 aromatic heterocycles. The SMILES string of the molecule is [B]C1CC(C#N)C(C#N)CC1N[O-]. The Balaban J connectivity index is 2.68. The third kappa shape index (κ3) is 2.00. The molecule has 0 amide bonds. The van der Waals surface area contributed by atoms with E-state index in [2.05, 4.69) is 0 Å². The van der Waals surface area contributed by atoms with Crippen LogP contribution < -0.4 is 5.48 Å². The summed E-state index contributed by atoms with van der Waals surface area (Å²) in [7, 11) is 5.65. The number of hydroxylamine groups is 1. The molecule has 1 fully saturated rings. The second-order valence-electron chi connectivity index (χ2n) is 3.33. The largest absolute Gasteiger partial charge is 0.788 e. The Morgan fingerprint density at radius 2 is 1.77 bits per heavy atom. The van der Waals surface area contributed by atoms with Gasteiger partial charge in [-0.3, -0.25) is 0 Å². The van der Waals surface area contributed by atoms with Crippen LogP contribution >= 0.6 is 0 Å². The highest BCUT2D eigenvalue weighted by atomic mass is 16.5. The van der Waals surface area contributed by atoms with Crippen LogP contribution in [0.3, 0.4) is 0 Å². The summed E-state index contributed by atoms with van der Waals surface area (Å²) in [6.45, 7) is 0. The molecule has 5 heteroatoms. The molecule has 13 heavy (non-hydrogen) atoms. The number of nitrogens with one attached hydrogen (secondary N) is 1. The fraction of sp³-hybridized carbons (Fsp3) is 0.750. The maximum absolute atomic E-state index is 10.4. The van der Waals surface area contributed by atoms with E-state index in [0.717, 1.165) is 0 Å². The van der Waals surface area contributed by atoms with Crippen LogP contribution in [0.2, 0.25) is 5.82 Å². The first-order chi connectivity index (χ1) is 6.22. The zero-order valence-corrected chi connectivity index (χ0v) is 7.10. The predicted octanol–water partition coefficient (Wildman–Crippen LogP) is 0.473. The molecule has 4 atom stereocenters. The Labute approximate surface area is 78.5 Å². The Kier molecular flexibility index (Phi) is 3.30. The highest BCUT2D eigenvalue weighted by Gasteiger charge is 2.33. The highest BCUT2D eigenvalue weighted by Crippen LogP contribution is 2.34. The van der Waals surface area contributed by atoms with Crippen molar-refractivity contribution in [3.8, 4) is 12.1 Å². The van der Waals surface area contributed by atoms with Crippen molar-refractivity contribution in [3.05, 3.63) is 5.21 Å². The summed E-state index contributed by atoms with van der Waals surface area (Å²) in [4.78, 5) is 0. The van der Waals surface area contributed by atoms with Crippen LogP contribution in [0.4, 0.5) is 0 Å². The minimum absolute atomic E-state index is 0.313. The molecule has 0 aromatic carbocycles. The minimum Gasteiger partial charge on any atom is -0.788 e. The van der Waals surface area contributed by atoms with Gasteiger partial charge in [0.1, 0.15) is 0 Å². The van der Waals surface area contributed by atoms with Crippen molar-refractivity contribution in [2.75, 3.05) is 0 Å². The average molecular weight is 174 g/mol. The molecule has 0 spiro atoms. The van der Waals surface area contributed by atoms with Crippen molar-refractivity contribution >= 4 is 7.85 Å². The molecule has 0 aromatic rings. The summed E-state index contributed by atoms with van der Waals surface area (Å²) >= 11 is 0. The fourth-order valence-electron chi connectivity index (χ4n) is 1.66. The van der Waals surface area contributed by atoms with E-state index in [4.69, 9.17) is 18.4 Å². The van der Waals surface area contributed by atoms with Gasteiger partial charge in [0, 0.05) is 0 Å². The maximum Gasteiger partial charge on any atom is 0.0720 e. The first kappa shape index (κ1) is 10.0. The molecule has 2 radical (unpaired) electrons. The maximum atomic E-state index is 10.4. The van der Waals surface area contributed by atoms with E-state index in [9.17, 15) is 5.21 Å². The zero-order valence-electron chi connectivity index (χ0n) is 7.10. The molecule has 66 valence electrons. The van der Waals surface area contributed by atoms with Gasteiger partial charge in [0.25, 0.3) is 0 Å². The van der Waals surface area contributed by atoms with E-state index >= 15 is 0 Å². The van der Waals surface area contributed by atoms with Crippen molar-refractivity contribution < 1.29 is 0 Å². The fourth-order valence-corrected chi connectivity index (χ4v) is 1.66. The van der Waals surface area contributed by atoms with Gasteiger partial charge in [-0.15, -0.1) is 0 Å². The van der Waals surface area contributed by atoms with Crippen LogP contribution in [-0.2, 0) is 0 Å². The smallest absolute Gasteiger partial charge is 0.0720 e. The molecule has 0 bridgehead atoms. The van der Waals surface area contributed by atoms with Crippen LogP contribution in [0.1, 0.15) is 12.8 Å². The van der Waals surface area contributed by atoms with Crippen LogP contribution in [0, 0.1) is 39.7 Å². The van der Waals surface area contributed by atoms with E-state index in [0.29, 0.717) is 12.8 Å². The molecule has 0 heterocycles. The van der Waals surface area contributed by atoms with Gasteiger partial charge < -0.3 is 10.7 Å². The Hall–Kier alpha value is -1.04. The molecular weight excluding hydrogens is 165 g/mol. The van der Waals surface area contributed by atoms with Gasteiger partial charge in [-0.25, -0.2) is 0 Å². The summed E-state index contributed by atoms with van der Waals surface area (Å²) < 4.78 is 0. The lowest BCUT2D eigenvalue weighted by molar-refractivity contribution is 0.297. The predicted molar refractivity (Wildman–Crippen MR) is 47.2 cm³/mol.